The van der Waals surface area contributed by atoms with E-state index in [9.17, 15) is 5.11 Å². The molecule has 1 unspecified atom stereocenters. The van der Waals surface area contributed by atoms with Gasteiger partial charge in [0.1, 0.15) is 0 Å². The van der Waals surface area contributed by atoms with Gasteiger partial charge in [-0.25, -0.2) is 0 Å². The average molecular weight is 294 g/mol. The lowest BCUT2D eigenvalue weighted by molar-refractivity contribution is 0.0641. The molecule has 3 fully saturated rings. The molecule has 3 aliphatic heterocycles. The van der Waals surface area contributed by atoms with Crippen molar-refractivity contribution in [3.63, 3.8) is 0 Å². The Kier molecular flexibility index (Phi) is 3.47. The summed E-state index contributed by atoms with van der Waals surface area (Å²) in [5.74, 6) is 1.07. The van der Waals surface area contributed by atoms with E-state index in [2.05, 4.69) is 40.7 Å². The van der Waals surface area contributed by atoms with Crippen molar-refractivity contribution in [1.82, 2.24) is 9.88 Å². The van der Waals surface area contributed by atoms with E-state index >= 15 is 0 Å². The van der Waals surface area contributed by atoms with Gasteiger partial charge in [-0.05, 0) is 48.9 Å². The Bertz CT molecular complexity index is 693. The molecular formula is C19H22N2O. The third-order valence-electron chi connectivity index (χ3n) is 5.44. The molecule has 0 saturated carbocycles. The van der Waals surface area contributed by atoms with Crippen LogP contribution in [0.4, 0.5) is 0 Å². The number of fused-ring (bicyclic) bond motifs is 5. The topological polar surface area (TPSA) is 36.4 Å². The number of hydrogen-bond acceptors (Lipinski definition) is 3. The summed E-state index contributed by atoms with van der Waals surface area (Å²) in [7, 11) is 0. The average Bonchev–Trinajstić information content (AvgIpc) is 2.79. The van der Waals surface area contributed by atoms with Crippen LogP contribution in [-0.2, 0) is 0 Å². The molecule has 0 radical (unpaired) electrons. The van der Waals surface area contributed by atoms with E-state index in [1.807, 2.05) is 18.3 Å². The van der Waals surface area contributed by atoms with Crippen molar-refractivity contribution in [2.24, 2.45) is 11.8 Å². The highest BCUT2D eigenvalue weighted by Crippen LogP contribution is 2.42. The lowest BCUT2D eigenvalue weighted by Crippen LogP contribution is -2.39. The van der Waals surface area contributed by atoms with Crippen LogP contribution in [0.2, 0.25) is 0 Å². The molecule has 1 aromatic heterocycles. The molecule has 2 bridgehead atoms. The lowest BCUT2D eigenvalue weighted by atomic mass is 9.84. The van der Waals surface area contributed by atoms with Crippen LogP contribution in [0.5, 0.6) is 0 Å². The molecule has 5 rings (SSSR count). The van der Waals surface area contributed by atoms with Gasteiger partial charge in [-0.2, -0.15) is 0 Å². The number of pyridine rings is 1. The van der Waals surface area contributed by atoms with Crippen LogP contribution in [-0.4, -0.2) is 34.2 Å². The number of piperidine rings is 1. The number of benzene rings is 1. The number of nitrogens with zero attached hydrogens (tertiary/aromatic N) is 2. The normalized spacial score (nSPS) is 34.5. The van der Waals surface area contributed by atoms with Crippen LogP contribution in [0.3, 0.4) is 0 Å². The van der Waals surface area contributed by atoms with Gasteiger partial charge >= 0.3 is 0 Å². The number of para-hydroxylation sites is 1. The van der Waals surface area contributed by atoms with E-state index in [0.717, 1.165) is 36.8 Å². The highest BCUT2D eigenvalue weighted by Gasteiger charge is 2.41. The third-order valence-corrected chi connectivity index (χ3v) is 5.44. The van der Waals surface area contributed by atoms with E-state index in [0.29, 0.717) is 11.8 Å². The largest absolute Gasteiger partial charge is 0.391 e. The summed E-state index contributed by atoms with van der Waals surface area (Å²) in [6.07, 6.45) is 5.66. The molecule has 3 aliphatic rings. The second kappa shape index (κ2) is 5.49. The minimum absolute atomic E-state index is 0.0721. The van der Waals surface area contributed by atoms with Gasteiger partial charge in [-0.1, -0.05) is 24.3 Å². The smallest absolute Gasteiger partial charge is 0.0740 e. The summed E-state index contributed by atoms with van der Waals surface area (Å²) >= 11 is 0. The minimum atomic E-state index is -0.316. The zero-order valence-corrected chi connectivity index (χ0v) is 12.7. The first-order chi connectivity index (χ1) is 10.8. The molecule has 22 heavy (non-hydrogen) atoms. The summed E-state index contributed by atoms with van der Waals surface area (Å²) in [6.45, 7) is 6.07. The van der Waals surface area contributed by atoms with Gasteiger partial charge in [-0.15, -0.1) is 6.58 Å². The minimum Gasteiger partial charge on any atom is -0.391 e. The van der Waals surface area contributed by atoms with Gasteiger partial charge < -0.3 is 5.11 Å². The molecule has 4 heterocycles. The van der Waals surface area contributed by atoms with Crippen molar-refractivity contribution in [2.75, 3.05) is 13.1 Å². The molecule has 0 amide bonds. The van der Waals surface area contributed by atoms with Gasteiger partial charge in [0.15, 0.2) is 0 Å². The van der Waals surface area contributed by atoms with E-state index in [1.54, 1.807) is 0 Å². The summed E-state index contributed by atoms with van der Waals surface area (Å²) in [6, 6.07) is 10.4. The Labute approximate surface area is 131 Å². The van der Waals surface area contributed by atoms with Crippen molar-refractivity contribution >= 4 is 10.9 Å². The van der Waals surface area contributed by atoms with E-state index in [4.69, 9.17) is 0 Å². The first kappa shape index (κ1) is 13.9. The van der Waals surface area contributed by atoms with Gasteiger partial charge in [0, 0.05) is 18.1 Å². The van der Waals surface area contributed by atoms with Gasteiger partial charge in [0.2, 0.25) is 0 Å². The van der Waals surface area contributed by atoms with Crippen LogP contribution in [0.15, 0.2) is 49.2 Å². The highest BCUT2D eigenvalue weighted by molar-refractivity contribution is 5.82. The highest BCUT2D eigenvalue weighted by atomic mass is 16.3. The van der Waals surface area contributed by atoms with Crippen LogP contribution >= 0.6 is 0 Å². The zero-order chi connectivity index (χ0) is 15.1. The van der Waals surface area contributed by atoms with E-state index < -0.39 is 0 Å². The Morgan fingerprint density at radius 3 is 3.00 bits per heavy atom. The van der Waals surface area contributed by atoms with E-state index in [-0.39, 0.29) is 12.1 Å². The quantitative estimate of drug-likeness (QED) is 0.864. The van der Waals surface area contributed by atoms with E-state index in [1.165, 1.54) is 5.56 Å². The maximum Gasteiger partial charge on any atom is 0.0740 e. The fourth-order valence-corrected chi connectivity index (χ4v) is 4.33. The molecule has 5 atom stereocenters. The van der Waals surface area contributed by atoms with Crippen LogP contribution in [0, 0.1) is 11.8 Å². The Balaban J connectivity index is 1.81. The predicted molar refractivity (Wildman–Crippen MR) is 88.5 cm³/mol. The number of aliphatic hydroxyl groups is 1. The first-order valence-electron chi connectivity index (χ1n) is 8.16. The summed E-state index contributed by atoms with van der Waals surface area (Å²) in [5.41, 5.74) is 2.22. The molecule has 3 heteroatoms. The molecule has 1 N–H and O–H groups in total. The van der Waals surface area contributed by atoms with Crippen LogP contribution in [0.1, 0.15) is 24.4 Å². The number of aliphatic hydroxyl groups excluding tert-OH is 1. The maximum atomic E-state index is 10.9. The first-order valence-corrected chi connectivity index (χ1v) is 8.16. The Hall–Kier alpha value is -1.71. The molecular weight excluding hydrogens is 272 g/mol. The second-order valence-corrected chi connectivity index (χ2v) is 6.61. The molecule has 1 aromatic carbocycles. The summed E-state index contributed by atoms with van der Waals surface area (Å²) in [5, 5.41) is 12.0. The summed E-state index contributed by atoms with van der Waals surface area (Å²) < 4.78 is 0. The number of rotatable bonds is 2. The molecule has 3 saturated heterocycles. The van der Waals surface area contributed by atoms with Crippen LogP contribution in [0.25, 0.3) is 10.9 Å². The summed E-state index contributed by atoms with van der Waals surface area (Å²) in [4.78, 5) is 6.91. The zero-order valence-electron chi connectivity index (χ0n) is 12.7. The van der Waals surface area contributed by atoms with Crippen molar-refractivity contribution in [1.29, 1.82) is 0 Å². The fraction of sp³-hybridized carbons (Fsp3) is 0.421. The van der Waals surface area contributed by atoms with Gasteiger partial charge in [0.25, 0.3) is 0 Å². The van der Waals surface area contributed by atoms with Crippen molar-refractivity contribution in [3.05, 3.63) is 54.7 Å². The monoisotopic (exact) mass is 294 g/mol. The lowest BCUT2D eigenvalue weighted by Gasteiger charge is -2.37. The van der Waals surface area contributed by atoms with Crippen molar-refractivity contribution < 1.29 is 5.11 Å². The van der Waals surface area contributed by atoms with Crippen molar-refractivity contribution in [2.45, 2.75) is 25.0 Å². The number of aromatic nitrogens is 1. The number of hydrogen-bond donors (Lipinski definition) is 1. The molecule has 3 nitrogen and oxygen atoms in total. The van der Waals surface area contributed by atoms with Crippen molar-refractivity contribution in [3.8, 4) is 0 Å². The SMILES string of the molecule is C=C[C@@H]1CN2CC[C@H]1C[C@H](O)[C@@H]2c1ccnc2ccccc12. The Morgan fingerprint density at radius 2 is 2.14 bits per heavy atom. The fourth-order valence-electron chi connectivity index (χ4n) is 4.33. The predicted octanol–water partition coefficient (Wildman–Crippen LogP) is 3.16. The molecule has 114 valence electrons. The van der Waals surface area contributed by atoms with Crippen LogP contribution < -0.4 is 0 Å². The standard InChI is InChI=1S/C19H22N2O/c1-2-13-12-21-10-8-14(13)11-18(22)19(21)16-7-9-20-17-6-4-3-5-15(16)17/h2-7,9,13-14,18-19,22H,1,8,10-12H2/t13-,14+,18+,19+/m1/s1. The molecule has 2 aromatic rings. The van der Waals surface area contributed by atoms with Gasteiger partial charge in [-0.3, -0.25) is 9.88 Å². The maximum absolute atomic E-state index is 10.9. The molecule has 0 spiro atoms. The van der Waals surface area contributed by atoms with Gasteiger partial charge in [0.05, 0.1) is 17.7 Å². The second-order valence-electron chi connectivity index (χ2n) is 6.61. The Morgan fingerprint density at radius 1 is 1.27 bits per heavy atom. The third kappa shape index (κ3) is 2.16. The molecule has 0 aliphatic carbocycles.